The van der Waals surface area contributed by atoms with E-state index in [0.29, 0.717) is 19.6 Å². The van der Waals surface area contributed by atoms with Crippen LogP contribution in [-0.2, 0) is 16.8 Å². The zero-order chi connectivity index (χ0) is 13.0. The SMILES string of the molecule is CN(Cc1cccnc1)S(=O)(=O)N1CCCCC1. The number of pyridine rings is 1. The monoisotopic (exact) mass is 269 g/mol. The summed E-state index contributed by atoms with van der Waals surface area (Å²) in [5.74, 6) is 0. The van der Waals surface area contributed by atoms with Gasteiger partial charge < -0.3 is 0 Å². The molecule has 1 aromatic rings. The van der Waals surface area contributed by atoms with Crippen molar-refractivity contribution in [3.8, 4) is 0 Å². The van der Waals surface area contributed by atoms with E-state index in [1.165, 1.54) is 4.31 Å². The number of nitrogens with zero attached hydrogens (tertiary/aromatic N) is 3. The second-order valence-corrected chi connectivity index (χ2v) is 6.62. The Bertz CT molecular complexity index is 469. The quantitative estimate of drug-likeness (QED) is 0.826. The summed E-state index contributed by atoms with van der Waals surface area (Å²) in [4.78, 5) is 4.00. The zero-order valence-electron chi connectivity index (χ0n) is 10.6. The first-order chi connectivity index (χ1) is 8.60. The van der Waals surface area contributed by atoms with Gasteiger partial charge >= 0.3 is 0 Å². The van der Waals surface area contributed by atoms with Crippen LogP contribution in [-0.4, -0.2) is 42.1 Å². The molecule has 2 heterocycles. The van der Waals surface area contributed by atoms with Crippen molar-refractivity contribution >= 4 is 10.2 Å². The van der Waals surface area contributed by atoms with Crippen LogP contribution in [0.2, 0.25) is 0 Å². The summed E-state index contributed by atoms with van der Waals surface area (Å²) in [6, 6.07) is 3.70. The van der Waals surface area contributed by atoms with Gasteiger partial charge in [-0.1, -0.05) is 12.5 Å². The molecular formula is C12H19N3O2S. The molecule has 0 aliphatic carbocycles. The van der Waals surface area contributed by atoms with Crippen molar-refractivity contribution in [2.45, 2.75) is 25.8 Å². The maximum absolute atomic E-state index is 12.3. The van der Waals surface area contributed by atoms with Crippen LogP contribution in [0.25, 0.3) is 0 Å². The summed E-state index contributed by atoms with van der Waals surface area (Å²) in [6.07, 6.45) is 6.42. The maximum Gasteiger partial charge on any atom is 0.282 e. The summed E-state index contributed by atoms with van der Waals surface area (Å²) in [5.41, 5.74) is 0.903. The number of hydrogen-bond acceptors (Lipinski definition) is 3. The smallest absolute Gasteiger partial charge is 0.264 e. The molecule has 0 spiro atoms. The summed E-state index contributed by atoms with van der Waals surface area (Å²) >= 11 is 0. The lowest BCUT2D eigenvalue weighted by molar-refractivity contribution is 0.314. The Morgan fingerprint density at radius 3 is 2.67 bits per heavy atom. The van der Waals surface area contributed by atoms with Crippen molar-refractivity contribution < 1.29 is 8.42 Å². The molecule has 0 saturated carbocycles. The van der Waals surface area contributed by atoms with Gasteiger partial charge in [0.25, 0.3) is 10.2 Å². The van der Waals surface area contributed by atoms with E-state index in [1.54, 1.807) is 23.7 Å². The van der Waals surface area contributed by atoms with Gasteiger partial charge in [0, 0.05) is 39.1 Å². The fourth-order valence-corrected chi connectivity index (χ4v) is 3.55. The van der Waals surface area contributed by atoms with Gasteiger partial charge in [-0.15, -0.1) is 0 Å². The van der Waals surface area contributed by atoms with Crippen molar-refractivity contribution in [2.24, 2.45) is 0 Å². The fourth-order valence-electron chi connectivity index (χ4n) is 2.12. The minimum absolute atomic E-state index is 0.368. The topological polar surface area (TPSA) is 53.5 Å². The zero-order valence-corrected chi connectivity index (χ0v) is 11.4. The van der Waals surface area contributed by atoms with Crippen molar-refractivity contribution in [3.05, 3.63) is 30.1 Å². The van der Waals surface area contributed by atoms with Crippen LogP contribution < -0.4 is 0 Å². The standard InChI is InChI=1S/C12H19N3O2S/c1-14(11-12-6-5-7-13-10-12)18(16,17)15-8-3-2-4-9-15/h5-7,10H,2-4,8-9,11H2,1H3. The van der Waals surface area contributed by atoms with Crippen molar-refractivity contribution in [1.29, 1.82) is 0 Å². The maximum atomic E-state index is 12.3. The minimum Gasteiger partial charge on any atom is -0.264 e. The average Bonchev–Trinajstić information content (AvgIpc) is 2.41. The van der Waals surface area contributed by atoms with Gasteiger partial charge in [-0.3, -0.25) is 4.98 Å². The van der Waals surface area contributed by atoms with Gasteiger partial charge in [-0.25, -0.2) is 0 Å². The number of aromatic nitrogens is 1. The van der Waals surface area contributed by atoms with Crippen LogP contribution in [0.15, 0.2) is 24.5 Å². The molecule has 0 unspecified atom stereocenters. The van der Waals surface area contributed by atoms with Crippen LogP contribution in [0.1, 0.15) is 24.8 Å². The molecule has 0 radical (unpaired) electrons. The first kappa shape index (κ1) is 13.5. The molecule has 5 nitrogen and oxygen atoms in total. The molecule has 1 saturated heterocycles. The number of hydrogen-bond donors (Lipinski definition) is 0. The summed E-state index contributed by atoms with van der Waals surface area (Å²) in [6.45, 7) is 1.64. The molecule has 0 aromatic carbocycles. The highest BCUT2D eigenvalue weighted by atomic mass is 32.2. The van der Waals surface area contributed by atoms with E-state index in [2.05, 4.69) is 4.98 Å². The lowest BCUT2D eigenvalue weighted by Gasteiger charge is -2.30. The number of rotatable bonds is 4. The highest BCUT2D eigenvalue weighted by Crippen LogP contribution is 2.16. The first-order valence-electron chi connectivity index (χ1n) is 6.21. The third kappa shape index (κ3) is 3.07. The van der Waals surface area contributed by atoms with Gasteiger partial charge in [0.1, 0.15) is 0 Å². The average molecular weight is 269 g/mol. The Hall–Kier alpha value is -0.980. The van der Waals surface area contributed by atoms with E-state index in [9.17, 15) is 8.42 Å². The summed E-state index contributed by atoms with van der Waals surface area (Å²) in [7, 11) is -1.70. The Balaban J connectivity index is 2.05. The first-order valence-corrected chi connectivity index (χ1v) is 7.61. The summed E-state index contributed by atoms with van der Waals surface area (Å²) < 4.78 is 27.6. The highest BCUT2D eigenvalue weighted by Gasteiger charge is 2.27. The molecule has 6 heteroatoms. The van der Waals surface area contributed by atoms with E-state index < -0.39 is 10.2 Å². The normalized spacial score (nSPS) is 18.1. The van der Waals surface area contributed by atoms with E-state index in [-0.39, 0.29) is 0 Å². The second kappa shape index (κ2) is 5.77. The van der Waals surface area contributed by atoms with E-state index in [4.69, 9.17) is 0 Å². The van der Waals surface area contributed by atoms with Gasteiger partial charge in [0.15, 0.2) is 0 Å². The van der Waals surface area contributed by atoms with Gasteiger partial charge in [-0.05, 0) is 24.5 Å². The molecule has 0 atom stereocenters. The fraction of sp³-hybridized carbons (Fsp3) is 0.583. The molecule has 0 amide bonds. The molecule has 2 rings (SSSR count). The Kier molecular flexibility index (Phi) is 4.31. The van der Waals surface area contributed by atoms with Crippen molar-refractivity contribution in [1.82, 2.24) is 13.6 Å². The molecular weight excluding hydrogens is 250 g/mol. The Morgan fingerprint density at radius 1 is 1.33 bits per heavy atom. The number of piperidine rings is 1. The van der Waals surface area contributed by atoms with E-state index in [1.807, 2.05) is 12.1 Å². The van der Waals surface area contributed by atoms with Crippen LogP contribution in [0.4, 0.5) is 0 Å². The van der Waals surface area contributed by atoms with Crippen LogP contribution in [0.3, 0.4) is 0 Å². The van der Waals surface area contributed by atoms with Gasteiger partial charge in [-0.2, -0.15) is 17.0 Å². The van der Waals surface area contributed by atoms with E-state index in [0.717, 1.165) is 24.8 Å². The lowest BCUT2D eigenvalue weighted by atomic mass is 10.2. The largest absolute Gasteiger partial charge is 0.282 e. The molecule has 1 aliphatic heterocycles. The highest BCUT2D eigenvalue weighted by molar-refractivity contribution is 7.86. The Morgan fingerprint density at radius 2 is 2.06 bits per heavy atom. The van der Waals surface area contributed by atoms with Crippen LogP contribution in [0.5, 0.6) is 0 Å². The van der Waals surface area contributed by atoms with Crippen molar-refractivity contribution in [2.75, 3.05) is 20.1 Å². The van der Waals surface area contributed by atoms with Crippen LogP contribution >= 0.6 is 0 Å². The molecule has 1 fully saturated rings. The molecule has 0 N–H and O–H groups in total. The molecule has 18 heavy (non-hydrogen) atoms. The molecule has 100 valence electrons. The molecule has 1 aromatic heterocycles. The van der Waals surface area contributed by atoms with Gasteiger partial charge in [0.2, 0.25) is 0 Å². The van der Waals surface area contributed by atoms with Crippen molar-refractivity contribution in [3.63, 3.8) is 0 Å². The summed E-state index contributed by atoms with van der Waals surface area (Å²) in [5, 5.41) is 0. The molecule has 1 aliphatic rings. The Labute approximate surface area is 109 Å². The second-order valence-electron chi connectivity index (χ2n) is 4.58. The van der Waals surface area contributed by atoms with Crippen LogP contribution in [0, 0.1) is 0 Å². The van der Waals surface area contributed by atoms with Gasteiger partial charge in [0.05, 0.1) is 0 Å². The third-order valence-electron chi connectivity index (χ3n) is 3.16. The minimum atomic E-state index is -3.32. The predicted molar refractivity (Wildman–Crippen MR) is 70.0 cm³/mol. The molecule has 0 bridgehead atoms. The lowest BCUT2D eigenvalue weighted by Crippen LogP contribution is -2.44. The van der Waals surface area contributed by atoms with E-state index >= 15 is 0 Å². The predicted octanol–water partition coefficient (Wildman–Crippen LogP) is 1.24. The third-order valence-corrected chi connectivity index (χ3v) is 5.10.